The zero-order valence-electron chi connectivity index (χ0n) is 15.7. The highest BCUT2D eigenvalue weighted by atomic mass is 35.5. The second kappa shape index (κ2) is 8.94. The van der Waals surface area contributed by atoms with E-state index >= 15 is 0 Å². The number of rotatable bonds is 6. The van der Waals surface area contributed by atoms with Crippen LogP contribution in [0.1, 0.15) is 36.5 Å². The lowest BCUT2D eigenvalue weighted by atomic mass is 10.2. The topological polar surface area (TPSA) is 75.7 Å². The van der Waals surface area contributed by atoms with Crippen LogP contribution >= 0.6 is 11.6 Å². The minimum atomic E-state index is -3.70. The lowest BCUT2D eigenvalue weighted by Crippen LogP contribution is -2.35. The fraction of sp³-hybridized carbons (Fsp3) is 0.350. The largest absolute Gasteiger partial charge is 0.494 e. The average Bonchev–Trinajstić information content (AvgIpc) is 2.70. The van der Waals surface area contributed by atoms with E-state index < -0.39 is 10.0 Å². The van der Waals surface area contributed by atoms with Crippen LogP contribution in [0.2, 0.25) is 5.02 Å². The molecule has 1 N–H and O–H groups in total. The molecule has 0 aliphatic carbocycles. The monoisotopic (exact) mass is 422 g/mol. The Hall–Kier alpha value is -2.09. The van der Waals surface area contributed by atoms with Crippen LogP contribution in [0.5, 0.6) is 5.75 Å². The second-order valence-corrected chi connectivity index (χ2v) is 8.84. The summed E-state index contributed by atoms with van der Waals surface area (Å²) in [7, 11) is -3.70. The van der Waals surface area contributed by atoms with Gasteiger partial charge in [0.2, 0.25) is 10.0 Å². The Morgan fingerprint density at radius 1 is 1.14 bits per heavy atom. The van der Waals surface area contributed by atoms with Crippen molar-refractivity contribution in [3.05, 3.63) is 53.1 Å². The molecule has 0 aromatic heterocycles. The molecule has 0 saturated carbocycles. The molecular weight excluding hydrogens is 400 g/mol. The van der Waals surface area contributed by atoms with Gasteiger partial charge in [0.05, 0.1) is 11.6 Å². The van der Waals surface area contributed by atoms with Crippen LogP contribution in [0.3, 0.4) is 0 Å². The number of nitrogens with zero attached hydrogens (tertiary/aromatic N) is 1. The Bertz CT molecular complexity index is 956. The highest BCUT2D eigenvalue weighted by molar-refractivity contribution is 7.89. The molecule has 0 unspecified atom stereocenters. The number of piperidine rings is 1. The highest BCUT2D eigenvalue weighted by Gasteiger charge is 2.28. The van der Waals surface area contributed by atoms with Crippen LogP contribution in [0.4, 0.5) is 5.69 Å². The minimum Gasteiger partial charge on any atom is -0.494 e. The first-order valence-electron chi connectivity index (χ1n) is 9.25. The van der Waals surface area contributed by atoms with Crippen LogP contribution in [0.25, 0.3) is 0 Å². The van der Waals surface area contributed by atoms with Gasteiger partial charge in [-0.15, -0.1) is 0 Å². The minimum absolute atomic E-state index is 0.0110. The fourth-order valence-electron chi connectivity index (χ4n) is 3.12. The molecule has 1 fully saturated rings. The molecule has 0 atom stereocenters. The summed E-state index contributed by atoms with van der Waals surface area (Å²) in [6, 6.07) is 11.3. The average molecular weight is 423 g/mol. The molecule has 150 valence electrons. The van der Waals surface area contributed by atoms with E-state index in [4.69, 9.17) is 16.3 Å². The Morgan fingerprint density at radius 3 is 2.61 bits per heavy atom. The van der Waals surface area contributed by atoms with Gasteiger partial charge in [-0.3, -0.25) is 4.79 Å². The quantitative estimate of drug-likeness (QED) is 0.758. The van der Waals surface area contributed by atoms with Crippen molar-refractivity contribution < 1.29 is 17.9 Å². The summed E-state index contributed by atoms with van der Waals surface area (Å²) in [5.74, 6) is 0.241. The van der Waals surface area contributed by atoms with Crippen molar-refractivity contribution in [2.75, 3.05) is 25.0 Å². The van der Waals surface area contributed by atoms with Crippen molar-refractivity contribution >= 4 is 33.2 Å². The number of nitrogens with one attached hydrogen (secondary N) is 1. The van der Waals surface area contributed by atoms with Gasteiger partial charge < -0.3 is 10.1 Å². The second-order valence-electron chi connectivity index (χ2n) is 6.52. The number of ether oxygens (including phenoxy) is 1. The molecule has 8 heteroatoms. The molecular formula is C20H23ClN2O4S. The molecule has 28 heavy (non-hydrogen) atoms. The first kappa shape index (κ1) is 20.6. The maximum absolute atomic E-state index is 12.9. The normalized spacial score (nSPS) is 15.2. The molecule has 3 rings (SSSR count). The van der Waals surface area contributed by atoms with Crippen LogP contribution in [0, 0.1) is 0 Å². The SMILES string of the molecule is CCOc1cccc(C(=O)Nc2ccc(Cl)c(S(=O)(=O)N3CCCCC3)c2)c1. The van der Waals surface area contributed by atoms with E-state index in [0.29, 0.717) is 36.7 Å². The molecule has 0 radical (unpaired) electrons. The van der Waals surface area contributed by atoms with Crippen LogP contribution < -0.4 is 10.1 Å². The number of carbonyl (C=O) groups excluding carboxylic acids is 1. The van der Waals surface area contributed by atoms with Crippen molar-refractivity contribution in [2.24, 2.45) is 0 Å². The molecule has 2 aromatic carbocycles. The smallest absolute Gasteiger partial charge is 0.255 e. The third-order valence-corrected chi connectivity index (χ3v) is 6.91. The number of anilines is 1. The van der Waals surface area contributed by atoms with E-state index in [1.54, 1.807) is 30.3 Å². The predicted molar refractivity (Wildman–Crippen MR) is 110 cm³/mol. The third-order valence-electron chi connectivity index (χ3n) is 4.53. The lowest BCUT2D eigenvalue weighted by molar-refractivity contribution is 0.102. The first-order valence-corrected chi connectivity index (χ1v) is 11.1. The Balaban J connectivity index is 1.83. The van der Waals surface area contributed by atoms with E-state index in [-0.39, 0.29) is 15.8 Å². The van der Waals surface area contributed by atoms with Gasteiger partial charge >= 0.3 is 0 Å². The molecule has 1 heterocycles. The summed E-state index contributed by atoms with van der Waals surface area (Å²) in [4.78, 5) is 12.6. The predicted octanol–water partition coefficient (Wildman–Crippen LogP) is 4.17. The van der Waals surface area contributed by atoms with E-state index in [9.17, 15) is 13.2 Å². The summed E-state index contributed by atoms with van der Waals surface area (Å²) < 4.78 is 32.8. The van der Waals surface area contributed by atoms with E-state index in [1.165, 1.54) is 16.4 Å². The van der Waals surface area contributed by atoms with Crippen LogP contribution in [0.15, 0.2) is 47.4 Å². The molecule has 2 aromatic rings. The summed E-state index contributed by atoms with van der Waals surface area (Å²) in [6.07, 6.45) is 2.70. The molecule has 1 saturated heterocycles. The summed E-state index contributed by atoms with van der Waals surface area (Å²) in [5.41, 5.74) is 0.785. The van der Waals surface area contributed by atoms with E-state index in [1.807, 2.05) is 6.92 Å². The standard InChI is InChI=1S/C20H23ClN2O4S/c1-2-27-17-8-6-7-15(13-17)20(24)22-16-9-10-18(21)19(14-16)28(25,26)23-11-4-3-5-12-23/h6-10,13-14H,2-5,11-12H2,1H3,(H,22,24). The Labute approximate surface area is 170 Å². The summed E-state index contributed by atoms with van der Waals surface area (Å²) in [6.45, 7) is 3.34. The Morgan fingerprint density at radius 2 is 1.89 bits per heavy atom. The first-order chi connectivity index (χ1) is 13.4. The van der Waals surface area contributed by atoms with Gasteiger partial charge in [-0.25, -0.2) is 8.42 Å². The maximum atomic E-state index is 12.9. The molecule has 1 aliphatic rings. The molecule has 1 aliphatic heterocycles. The molecule has 0 bridgehead atoms. The van der Waals surface area contributed by atoms with Crippen molar-refractivity contribution in [3.8, 4) is 5.75 Å². The van der Waals surface area contributed by atoms with Crippen LogP contribution in [-0.2, 0) is 10.0 Å². The van der Waals surface area contributed by atoms with Gasteiger partial charge in [0.1, 0.15) is 10.6 Å². The van der Waals surface area contributed by atoms with Crippen molar-refractivity contribution in [2.45, 2.75) is 31.1 Å². The number of hydrogen-bond acceptors (Lipinski definition) is 4. The van der Waals surface area contributed by atoms with Gasteiger partial charge in [-0.1, -0.05) is 24.1 Å². The Kier molecular flexibility index (Phi) is 6.59. The van der Waals surface area contributed by atoms with Crippen LogP contribution in [-0.4, -0.2) is 38.3 Å². The molecule has 6 nitrogen and oxygen atoms in total. The van der Waals surface area contributed by atoms with E-state index in [2.05, 4.69) is 5.32 Å². The third kappa shape index (κ3) is 4.66. The van der Waals surface area contributed by atoms with Crippen molar-refractivity contribution in [1.82, 2.24) is 4.31 Å². The fourth-order valence-corrected chi connectivity index (χ4v) is 5.14. The highest BCUT2D eigenvalue weighted by Crippen LogP contribution is 2.29. The van der Waals surface area contributed by atoms with Gasteiger partial charge in [0.25, 0.3) is 5.91 Å². The number of carbonyl (C=O) groups is 1. The molecule has 1 amide bonds. The zero-order chi connectivity index (χ0) is 20.1. The number of benzene rings is 2. The summed E-state index contributed by atoms with van der Waals surface area (Å²) >= 11 is 6.17. The number of sulfonamides is 1. The molecule has 0 spiro atoms. The van der Waals surface area contributed by atoms with Gasteiger partial charge in [-0.05, 0) is 56.2 Å². The van der Waals surface area contributed by atoms with Gasteiger partial charge in [0.15, 0.2) is 0 Å². The van der Waals surface area contributed by atoms with Gasteiger partial charge in [0, 0.05) is 24.3 Å². The number of amides is 1. The number of halogens is 1. The summed E-state index contributed by atoms with van der Waals surface area (Å²) in [5, 5.41) is 2.87. The van der Waals surface area contributed by atoms with E-state index in [0.717, 1.165) is 19.3 Å². The lowest BCUT2D eigenvalue weighted by Gasteiger charge is -2.26. The van der Waals surface area contributed by atoms with Crippen molar-refractivity contribution in [3.63, 3.8) is 0 Å². The van der Waals surface area contributed by atoms with Gasteiger partial charge in [-0.2, -0.15) is 4.31 Å². The van der Waals surface area contributed by atoms with Crippen molar-refractivity contribution in [1.29, 1.82) is 0 Å². The maximum Gasteiger partial charge on any atom is 0.255 e. The number of hydrogen-bond donors (Lipinski definition) is 1. The zero-order valence-corrected chi connectivity index (χ0v) is 17.2.